The molecule has 0 spiro atoms. The Kier molecular flexibility index (Phi) is 39.4. The molecule has 0 aromatic rings. The Labute approximate surface area is 332 Å². The lowest BCUT2D eigenvalue weighted by atomic mass is 10.0. The summed E-state index contributed by atoms with van der Waals surface area (Å²) >= 11 is 0. The quantitative estimate of drug-likeness (QED) is 0.0331. The zero-order chi connectivity index (χ0) is 39.6. The maximum Gasteiger partial charge on any atom is 0.306 e. The van der Waals surface area contributed by atoms with E-state index in [9.17, 15) is 19.8 Å². The van der Waals surface area contributed by atoms with Crippen LogP contribution in [0.1, 0.15) is 194 Å². The van der Waals surface area contributed by atoms with E-state index >= 15 is 0 Å². The zero-order valence-electron chi connectivity index (χ0n) is 35.1. The number of allylic oxidation sites excluding steroid dienone is 12. The Bertz CT molecular complexity index is 1030. The summed E-state index contributed by atoms with van der Waals surface area (Å²) in [6, 6.07) is -0.720. The van der Waals surface area contributed by atoms with Gasteiger partial charge in [0.25, 0.3) is 0 Å². The van der Waals surface area contributed by atoms with Gasteiger partial charge in [-0.3, -0.25) is 9.59 Å². The van der Waals surface area contributed by atoms with Crippen LogP contribution in [0.4, 0.5) is 0 Å². The number of carbonyl (C=O) groups is 2. The number of unbranched alkanes of at least 4 members (excludes halogenated alkanes) is 14. The van der Waals surface area contributed by atoms with Gasteiger partial charge >= 0.3 is 5.97 Å². The van der Waals surface area contributed by atoms with E-state index in [1.165, 1.54) is 51.4 Å². The van der Waals surface area contributed by atoms with Crippen molar-refractivity contribution in [1.29, 1.82) is 0 Å². The molecule has 0 aromatic carbocycles. The van der Waals surface area contributed by atoms with Crippen molar-refractivity contribution in [3.05, 3.63) is 72.9 Å². The number of aliphatic hydroxyl groups excluding tert-OH is 2. The van der Waals surface area contributed by atoms with E-state index in [1.807, 2.05) is 6.08 Å². The number of amides is 1. The van der Waals surface area contributed by atoms with Gasteiger partial charge in [-0.1, -0.05) is 177 Å². The van der Waals surface area contributed by atoms with Crippen LogP contribution in [-0.4, -0.2) is 46.9 Å². The summed E-state index contributed by atoms with van der Waals surface area (Å²) in [6.07, 6.45) is 51.2. The van der Waals surface area contributed by atoms with Crippen molar-refractivity contribution in [3.63, 3.8) is 0 Å². The van der Waals surface area contributed by atoms with E-state index in [0.29, 0.717) is 19.3 Å². The van der Waals surface area contributed by atoms with E-state index in [4.69, 9.17) is 4.74 Å². The number of ether oxygens (including phenoxy) is 1. The van der Waals surface area contributed by atoms with E-state index < -0.39 is 18.2 Å². The molecule has 0 aliphatic rings. The summed E-state index contributed by atoms with van der Waals surface area (Å²) in [4.78, 5) is 25.8. The van der Waals surface area contributed by atoms with Gasteiger partial charge in [0.2, 0.25) is 5.91 Å². The monoisotopic (exact) mass is 754 g/mol. The highest BCUT2D eigenvalue weighted by molar-refractivity contribution is 5.77. The predicted octanol–water partition coefficient (Wildman–Crippen LogP) is 12.7. The Morgan fingerprint density at radius 1 is 0.556 bits per heavy atom. The van der Waals surface area contributed by atoms with Crippen LogP contribution in [0.2, 0.25) is 0 Å². The van der Waals surface area contributed by atoms with E-state index in [0.717, 1.165) is 89.9 Å². The fourth-order valence-corrected chi connectivity index (χ4v) is 6.19. The smallest absolute Gasteiger partial charge is 0.306 e. The maximum atomic E-state index is 13.1. The number of carbonyl (C=O) groups excluding carboxylic acids is 2. The minimum Gasteiger partial charge on any atom is -0.462 e. The molecule has 6 nitrogen and oxygen atoms in total. The van der Waals surface area contributed by atoms with Crippen molar-refractivity contribution in [1.82, 2.24) is 5.32 Å². The normalized spacial score (nSPS) is 14.1. The summed E-state index contributed by atoms with van der Waals surface area (Å²) in [5, 5.41) is 23.5. The molecule has 0 fully saturated rings. The third-order valence-electron chi connectivity index (χ3n) is 9.51. The van der Waals surface area contributed by atoms with Gasteiger partial charge in [0.1, 0.15) is 6.10 Å². The molecule has 6 heteroatoms. The second-order valence-electron chi connectivity index (χ2n) is 14.7. The van der Waals surface area contributed by atoms with Crippen molar-refractivity contribution >= 4 is 11.9 Å². The first-order chi connectivity index (χ1) is 26.5. The van der Waals surface area contributed by atoms with E-state index in [-0.39, 0.29) is 31.3 Å². The van der Waals surface area contributed by atoms with Gasteiger partial charge in [-0.2, -0.15) is 0 Å². The standard InChI is InChI=1S/C48H83NO5/c1-4-7-10-13-16-19-21-22-23-24-25-27-29-32-35-38-41-48(53)54-44(39-36-33-30-18-15-12-9-6-3)42-47(52)49-45(43-50)46(51)40-37-34-31-28-26-20-17-14-11-8-5-2/h7,10,12,15-16,19,22-23,25,27,32,35,44-46,50-51H,4-6,8-9,11,13-14,17-18,20-21,24,26,28-31,33-34,36-43H2,1-3H3,(H,49,52)/b10-7+,15-12-,19-16+,23-22+,27-25+,35-32+. The molecule has 0 rings (SSSR count). The molecule has 1 amide bonds. The number of hydrogen-bond donors (Lipinski definition) is 3. The zero-order valence-corrected chi connectivity index (χ0v) is 35.1. The van der Waals surface area contributed by atoms with Crippen molar-refractivity contribution in [2.24, 2.45) is 0 Å². The van der Waals surface area contributed by atoms with Crippen molar-refractivity contribution in [2.75, 3.05) is 6.61 Å². The minimum atomic E-state index is -0.803. The Morgan fingerprint density at radius 3 is 1.59 bits per heavy atom. The van der Waals surface area contributed by atoms with Crippen LogP contribution in [0.25, 0.3) is 0 Å². The molecule has 310 valence electrons. The van der Waals surface area contributed by atoms with Gasteiger partial charge in [0.15, 0.2) is 0 Å². The largest absolute Gasteiger partial charge is 0.462 e. The first-order valence-electron chi connectivity index (χ1n) is 22.2. The molecule has 3 unspecified atom stereocenters. The lowest BCUT2D eigenvalue weighted by Crippen LogP contribution is -2.46. The molecule has 0 saturated heterocycles. The van der Waals surface area contributed by atoms with Crippen LogP contribution < -0.4 is 5.32 Å². The summed E-state index contributed by atoms with van der Waals surface area (Å²) in [5.41, 5.74) is 0. The molecule has 3 atom stereocenters. The first kappa shape index (κ1) is 51.3. The van der Waals surface area contributed by atoms with Crippen LogP contribution in [0.5, 0.6) is 0 Å². The van der Waals surface area contributed by atoms with Gasteiger partial charge in [-0.25, -0.2) is 0 Å². The van der Waals surface area contributed by atoms with Crippen molar-refractivity contribution in [3.8, 4) is 0 Å². The number of rotatable bonds is 38. The molecule has 0 saturated carbocycles. The summed E-state index contributed by atoms with van der Waals surface area (Å²) in [5.74, 6) is -0.600. The molecule has 0 aliphatic carbocycles. The summed E-state index contributed by atoms with van der Waals surface area (Å²) in [6.45, 7) is 6.24. The lowest BCUT2D eigenvalue weighted by Gasteiger charge is -2.24. The van der Waals surface area contributed by atoms with E-state index in [1.54, 1.807) is 0 Å². The van der Waals surface area contributed by atoms with Crippen LogP contribution in [0.3, 0.4) is 0 Å². The molecule has 0 aliphatic heterocycles. The van der Waals surface area contributed by atoms with Gasteiger partial charge in [-0.15, -0.1) is 0 Å². The van der Waals surface area contributed by atoms with Crippen molar-refractivity contribution < 1.29 is 24.5 Å². The van der Waals surface area contributed by atoms with Crippen LogP contribution >= 0.6 is 0 Å². The Hall–Kier alpha value is -2.70. The molecule has 54 heavy (non-hydrogen) atoms. The topological polar surface area (TPSA) is 95.9 Å². The molecule has 3 N–H and O–H groups in total. The van der Waals surface area contributed by atoms with Gasteiger partial charge in [0.05, 0.1) is 25.2 Å². The lowest BCUT2D eigenvalue weighted by molar-refractivity contribution is -0.150. The number of hydrogen-bond acceptors (Lipinski definition) is 5. The average Bonchev–Trinajstić information content (AvgIpc) is 3.16. The molecular formula is C48H83NO5. The third-order valence-corrected chi connectivity index (χ3v) is 9.51. The number of nitrogens with one attached hydrogen (secondary N) is 1. The Balaban J connectivity index is 4.64. The first-order valence-corrected chi connectivity index (χ1v) is 22.2. The fraction of sp³-hybridized carbons (Fsp3) is 0.708. The minimum absolute atomic E-state index is 0.0332. The van der Waals surface area contributed by atoms with Gasteiger partial charge in [-0.05, 0) is 77.0 Å². The van der Waals surface area contributed by atoms with Crippen molar-refractivity contribution in [2.45, 2.75) is 212 Å². The average molecular weight is 754 g/mol. The third kappa shape index (κ3) is 36.3. The number of aliphatic hydroxyl groups is 2. The molecule has 0 radical (unpaired) electrons. The Morgan fingerprint density at radius 2 is 1.04 bits per heavy atom. The molecular weight excluding hydrogens is 671 g/mol. The number of esters is 1. The summed E-state index contributed by atoms with van der Waals surface area (Å²) in [7, 11) is 0. The van der Waals surface area contributed by atoms with Crippen LogP contribution in [0.15, 0.2) is 72.9 Å². The van der Waals surface area contributed by atoms with Gasteiger partial charge < -0.3 is 20.3 Å². The maximum absolute atomic E-state index is 13.1. The van der Waals surface area contributed by atoms with Gasteiger partial charge in [0, 0.05) is 6.42 Å². The second-order valence-corrected chi connectivity index (χ2v) is 14.7. The summed E-state index contributed by atoms with van der Waals surface area (Å²) < 4.78 is 5.82. The van der Waals surface area contributed by atoms with Crippen LogP contribution in [0, 0.1) is 0 Å². The fourth-order valence-electron chi connectivity index (χ4n) is 6.19. The SMILES string of the molecule is CC/C=C/C/C=C/C/C=C/C/C=C/C/C=C/CCC(=O)OC(CCCCC/C=C\CCC)CC(=O)NC(CO)C(O)CCCCCCCCCCCCC. The van der Waals surface area contributed by atoms with E-state index in [2.05, 4.69) is 92.9 Å². The highest BCUT2D eigenvalue weighted by Crippen LogP contribution is 2.16. The molecule has 0 heterocycles. The highest BCUT2D eigenvalue weighted by Gasteiger charge is 2.23. The molecule has 0 aromatic heterocycles. The highest BCUT2D eigenvalue weighted by atomic mass is 16.5. The van der Waals surface area contributed by atoms with Crippen LogP contribution in [-0.2, 0) is 14.3 Å². The predicted molar refractivity (Wildman–Crippen MR) is 231 cm³/mol. The molecule has 0 bridgehead atoms. The second kappa shape index (κ2) is 41.5.